The van der Waals surface area contributed by atoms with E-state index in [1.54, 1.807) is 12.3 Å². The van der Waals surface area contributed by atoms with Gasteiger partial charge in [-0.1, -0.05) is 0 Å². The van der Waals surface area contributed by atoms with Crippen LogP contribution in [0.2, 0.25) is 0 Å². The van der Waals surface area contributed by atoms with Gasteiger partial charge in [0.2, 0.25) is 5.82 Å². The maximum atomic E-state index is 11.0. The molecule has 1 aliphatic rings. The summed E-state index contributed by atoms with van der Waals surface area (Å²) in [6.45, 7) is 3.47. The monoisotopic (exact) mass is 252 g/mol. The Kier molecular flexibility index (Phi) is 3.73. The molecule has 7 nitrogen and oxygen atoms in total. The number of morpholine rings is 1. The zero-order chi connectivity index (χ0) is 13.1. The third-order valence-electron chi connectivity index (χ3n) is 2.94. The lowest BCUT2D eigenvalue weighted by Crippen LogP contribution is -2.50. The van der Waals surface area contributed by atoms with Crippen molar-refractivity contribution in [3.8, 4) is 0 Å². The third kappa shape index (κ3) is 2.57. The second kappa shape index (κ2) is 5.28. The predicted molar refractivity (Wildman–Crippen MR) is 66.5 cm³/mol. The van der Waals surface area contributed by atoms with Crippen LogP contribution in [0.3, 0.4) is 0 Å². The Morgan fingerprint density at radius 1 is 1.72 bits per heavy atom. The van der Waals surface area contributed by atoms with Gasteiger partial charge in [0.15, 0.2) is 0 Å². The molecule has 0 spiro atoms. The van der Waals surface area contributed by atoms with Gasteiger partial charge < -0.3 is 15.4 Å². The van der Waals surface area contributed by atoms with E-state index in [2.05, 4.69) is 4.98 Å². The summed E-state index contributed by atoms with van der Waals surface area (Å²) in [6.07, 6.45) is 1.43. The Morgan fingerprint density at radius 2 is 2.50 bits per heavy atom. The van der Waals surface area contributed by atoms with Gasteiger partial charge in [0.1, 0.15) is 0 Å². The van der Waals surface area contributed by atoms with Gasteiger partial charge in [0, 0.05) is 31.4 Å². The first-order valence-corrected chi connectivity index (χ1v) is 5.81. The summed E-state index contributed by atoms with van der Waals surface area (Å²) in [5.74, 6) is 0.386. The molecule has 0 aromatic carbocycles. The number of hydrogen-bond donors (Lipinski definition) is 1. The van der Waals surface area contributed by atoms with E-state index in [0.717, 1.165) is 0 Å². The highest BCUT2D eigenvalue weighted by atomic mass is 16.6. The van der Waals surface area contributed by atoms with Crippen LogP contribution in [-0.4, -0.2) is 41.7 Å². The van der Waals surface area contributed by atoms with Gasteiger partial charge in [-0.25, -0.2) is 4.98 Å². The van der Waals surface area contributed by atoms with Crippen LogP contribution in [0.15, 0.2) is 18.3 Å². The quantitative estimate of drug-likeness (QED) is 0.623. The number of aromatic nitrogens is 1. The summed E-state index contributed by atoms with van der Waals surface area (Å²) in [5, 5.41) is 11.0. The van der Waals surface area contributed by atoms with Crippen LogP contribution >= 0.6 is 0 Å². The molecule has 1 fully saturated rings. The Morgan fingerprint density at radius 3 is 3.17 bits per heavy atom. The van der Waals surface area contributed by atoms with E-state index < -0.39 is 4.92 Å². The molecular formula is C11H16N4O3. The average Bonchev–Trinajstić information content (AvgIpc) is 2.39. The molecule has 0 amide bonds. The summed E-state index contributed by atoms with van der Waals surface area (Å²) >= 11 is 0. The second-order valence-corrected chi connectivity index (χ2v) is 4.32. The van der Waals surface area contributed by atoms with Crippen molar-refractivity contribution in [2.45, 2.75) is 19.1 Å². The maximum absolute atomic E-state index is 11.0. The highest BCUT2D eigenvalue weighted by Crippen LogP contribution is 2.26. The van der Waals surface area contributed by atoms with Gasteiger partial charge in [0.25, 0.3) is 0 Å². The van der Waals surface area contributed by atoms with Gasteiger partial charge in [-0.2, -0.15) is 0 Å². The van der Waals surface area contributed by atoms with Crippen LogP contribution in [0, 0.1) is 10.1 Å². The average molecular weight is 252 g/mol. The second-order valence-electron chi connectivity index (χ2n) is 4.32. The van der Waals surface area contributed by atoms with Crippen molar-refractivity contribution in [2.75, 3.05) is 24.6 Å². The van der Waals surface area contributed by atoms with Crippen LogP contribution in [-0.2, 0) is 4.74 Å². The van der Waals surface area contributed by atoms with Crippen molar-refractivity contribution in [1.29, 1.82) is 0 Å². The lowest BCUT2D eigenvalue weighted by atomic mass is 10.1. The molecule has 1 aromatic heterocycles. The van der Waals surface area contributed by atoms with Crippen molar-refractivity contribution in [1.82, 2.24) is 4.98 Å². The summed E-state index contributed by atoms with van der Waals surface area (Å²) in [4.78, 5) is 16.5. The van der Waals surface area contributed by atoms with E-state index in [9.17, 15) is 10.1 Å². The Hall–Kier alpha value is -1.73. The van der Waals surface area contributed by atoms with Crippen LogP contribution in [0.25, 0.3) is 0 Å². The van der Waals surface area contributed by atoms with E-state index in [1.807, 2.05) is 11.8 Å². The number of hydrogen-bond acceptors (Lipinski definition) is 6. The van der Waals surface area contributed by atoms with Gasteiger partial charge in [-0.15, -0.1) is 0 Å². The number of rotatable bonds is 3. The van der Waals surface area contributed by atoms with Crippen molar-refractivity contribution in [2.24, 2.45) is 5.73 Å². The number of pyridine rings is 1. The molecule has 18 heavy (non-hydrogen) atoms. The first-order valence-electron chi connectivity index (χ1n) is 5.81. The fraction of sp³-hybridized carbons (Fsp3) is 0.545. The molecule has 1 saturated heterocycles. The fourth-order valence-corrected chi connectivity index (χ4v) is 1.96. The minimum Gasteiger partial charge on any atom is -0.373 e. The van der Waals surface area contributed by atoms with Crippen molar-refractivity contribution in [3.63, 3.8) is 0 Å². The lowest BCUT2D eigenvalue weighted by molar-refractivity contribution is -0.384. The van der Waals surface area contributed by atoms with Gasteiger partial charge in [-0.3, -0.25) is 10.1 Å². The molecule has 2 rings (SSSR count). The van der Waals surface area contributed by atoms with E-state index >= 15 is 0 Å². The molecule has 2 atom stereocenters. The third-order valence-corrected chi connectivity index (χ3v) is 2.94. The van der Waals surface area contributed by atoms with E-state index in [-0.39, 0.29) is 17.8 Å². The van der Waals surface area contributed by atoms with Gasteiger partial charge in [-0.05, 0) is 13.0 Å². The van der Waals surface area contributed by atoms with E-state index in [0.29, 0.717) is 25.5 Å². The maximum Gasteiger partial charge on any atom is 0.311 e. The van der Waals surface area contributed by atoms with Gasteiger partial charge >= 0.3 is 5.69 Å². The Labute approximate surface area is 105 Å². The summed E-state index contributed by atoms with van der Waals surface area (Å²) < 4.78 is 5.53. The largest absolute Gasteiger partial charge is 0.373 e. The molecule has 0 saturated carbocycles. The Balaban J connectivity index is 2.23. The highest BCUT2D eigenvalue weighted by molar-refractivity contribution is 5.57. The van der Waals surface area contributed by atoms with Crippen LogP contribution in [0.5, 0.6) is 0 Å². The standard InChI is InChI=1S/C11H16N4O3/c1-8(12)10-7-14(5-6-18-10)11-9(15(16)17)3-2-4-13-11/h2-4,8,10H,5-7,12H2,1H3. The number of nitrogens with zero attached hydrogens (tertiary/aromatic N) is 3. The zero-order valence-corrected chi connectivity index (χ0v) is 10.2. The molecule has 7 heteroatoms. The SMILES string of the molecule is CC(N)C1CN(c2ncccc2[N+](=O)[O-])CCO1. The molecule has 1 aromatic rings. The topological polar surface area (TPSA) is 94.5 Å². The van der Waals surface area contributed by atoms with Crippen molar-refractivity contribution < 1.29 is 9.66 Å². The first kappa shape index (κ1) is 12.7. The highest BCUT2D eigenvalue weighted by Gasteiger charge is 2.28. The molecule has 0 bridgehead atoms. The van der Waals surface area contributed by atoms with Crippen LogP contribution in [0.1, 0.15) is 6.92 Å². The number of nitro groups is 1. The predicted octanol–water partition coefficient (Wildman–Crippen LogP) is 0.542. The fourth-order valence-electron chi connectivity index (χ4n) is 1.96. The molecule has 2 unspecified atom stereocenters. The van der Waals surface area contributed by atoms with Crippen molar-refractivity contribution in [3.05, 3.63) is 28.4 Å². The zero-order valence-electron chi connectivity index (χ0n) is 10.2. The molecular weight excluding hydrogens is 236 g/mol. The molecule has 2 N–H and O–H groups in total. The molecule has 98 valence electrons. The molecule has 2 heterocycles. The summed E-state index contributed by atoms with van der Waals surface area (Å²) in [7, 11) is 0. The molecule has 0 radical (unpaired) electrons. The Bertz CT molecular complexity index is 438. The number of nitrogens with two attached hydrogens (primary N) is 1. The summed E-state index contributed by atoms with van der Waals surface area (Å²) in [6, 6.07) is 2.90. The molecule has 0 aliphatic carbocycles. The molecule has 1 aliphatic heterocycles. The summed E-state index contributed by atoms with van der Waals surface area (Å²) in [5.41, 5.74) is 5.82. The van der Waals surface area contributed by atoms with Gasteiger partial charge in [0.05, 0.1) is 17.6 Å². The minimum atomic E-state index is -0.418. The minimum absolute atomic E-state index is 0.0165. The van der Waals surface area contributed by atoms with E-state index in [1.165, 1.54) is 6.07 Å². The smallest absolute Gasteiger partial charge is 0.311 e. The van der Waals surface area contributed by atoms with Crippen LogP contribution in [0.4, 0.5) is 11.5 Å². The number of anilines is 1. The lowest BCUT2D eigenvalue weighted by Gasteiger charge is -2.35. The number of ether oxygens (including phenoxy) is 1. The first-order chi connectivity index (χ1) is 8.59. The van der Waals surface area contributed by atoms with Crippen molar-refractivity contribution >= 4 is 11.5 Å². The van der Waals surface area contributed by atoms with Crippen LogP contribution < -0.4 is 10.6 Å². The van der Waals surface area contributed by atoms with E-state index in [4.69, 9.17) is 10.5 Å². The normalized spacial score (nSPS) is 21.7.